The standard InChI is InChI=1S/C9H20N8O2/c1-9(12-16(4)8(19)17(5)13-9)6-10-14(2)7(18)15(3)11-6/h6,10-13H,1-5H3. The third-order valence-corrected chi connectivity index (χ3v) is 3.17. The largest absolute Gasteiger partial charge is 0.348 e. The normalized spacial score (nSPS) is 25.3. The van der Waals surface area contributed by atoms with Gasteiger partial charge in [0.05, 0.1) is 0 Å². The Hall–Kier alpha value is -1.62. The van der Waals surface area contributed by atoms with E-state index in [4.69, 9.17) is 0 Å². The number of rotatable bonds is 1. The van der Waals surface area contributed by atoms with Gasteiger partial charge in [-0.05, 0) is 6.92 Å². The van der Waals surface area contributed by atoms with Crippen molar-refractivity contribution in [2.45, 2.75) is 18.8 Å². The van der Waals surface area contributed by atoms with Crippen LogP contribution < -0.4 is 21.7 Å². The van der Waals surface area contributed by atoms with Gasteiger partial charge >= 0.3 is 12.1 Å². The first kappa shape index (κ1) is 13.8. The molecule has 0 aliphatic carbocycles. The molecule has 10 nitrogen and oxygen atoms in total. The molecule has 2 aliphatic heterocycles. The van der Waals surface area contributed by atoms with Crippen LogP contribution in [0.3, 0.4) is 0 Å². The Bertz CT molecular complexity index is 374. The average Bonchev–Trinajstić information content (AvgIpc) is 2.32. The van der Waals surface area contributed by atoms with Gasteiger partial charge in [-0.15, -0.1) is 0 Å². The first-order valence-electron chi connectivity index (χ1n) is 5.85. The molecule has 4 amide bonds. The molecule has 0 unspecified atom stereocenters. The van der Waals surface area contributed by atoms with Gasteiger partial charge in [-0.3, -0.25) is 20.0 Å². The van der Waals surface area contributed by atoms with Crippen molar-refractivity contribution in [1.82, 2.24) is 41.7 Å². The van der Waals surface area contributed by atoms with Crippen molar-refractivity contribution in [2.24, 2.45) is 0 Å². The molecule has 0 radical (unpaired) electrons. The molecule has 0 bridgehead atoms. The summed E-state index contributed by atoms with van der Waals surface area (Å²) >= 11 is 0. The molecule has 2 heterocycles. The van der Waals surface area contributed by atoms with Crippen LogP contribution in [0, 0.1) is 0 Å². The van der Waals surface area contributed by atoms with Gasteiger partial charge in [-0.2, -0.15) is 0 Å². The minimum atomic E-state index is -0.708. The molecule has 0 aromatic carbocycles. The minimum absolute atomic E-state index is 0.201. The van der Waals surface area contributed by atoms with Gasteiger partial charge in [0.1, 0.15) is 11.8 Å². The summed E-state index contributed by atoms with van der Waals surface area (Å²) in [5.74, 6) is 0. The maximum atomic E-state index is 11.7. The molecular formula is C9H20N8O2. The van der Waals surface area contributed by atoms with Crippen molar-refractivity contribution in [3.63, 3.8) is 0 Å². The van der Waals surface area contributed by atoms with E-state index in [-0.39, 0.29) is 18.2 Å². The second-order valence-corrected chi connectivity index (χ2v) is 4.92. The fourth-order valence-corrected chi connectivity index (χ4v) is 2.18. The highest BCUT2D eigenvalue weighted by Gasteiger charge is 2.45. The number of amides is 4. The molecule has 0 aromatic heterocycles. The summed E-state index contributed by atoms with van der Waals surface area (Å²) < 4.78 is 0. The predicted octanol–water partition coefficient (Wildman–Crippen LogP) is -1.96. The van der Waals surface area contributed by atoms with E-state index >= 15 is 0 Å². The summed E-state index contributed by atoms with van der Waals surface area (Å²) in [5.41, 5.74) is 11.4. The van der Waals surface area contributed by atoms with E-state index in [9.17, 15) is 9.59 Å². The maximum Gasteiger partial charge on any atom is 0.348 e. The van der Waals surface area contributed by atoms with Crippen LogP contribution in [0.25, 0.3) is 0 Å². The number of urea groups is 2. The molecule has 2 fully saturated rings. The first-order valence-corrected chi connectivity index (χ1v) is 5.85. The molecule has 4 N–H and O–H groups in total. The van der Waals surface area contributed by atoms with Crippen LogP contribution in [0.2, 0.25) is 0 Å². The Morgan fingerprint density at radius 3 is 1.63 bits per heavy atom. The molecule has 2 rings (SSSR count). The zero-order valence-corrected chi connectivity index (χ0v) is 11.7. The van der Waals surface area contributed by atoms with E-state index in [1.54, 1.807) is 28.2 Å². The molecule has 2 aliphatic rings. The Morgan fingerprint density at radius 2 is 1.21 bits per heavy atom. The van der Waals surface area contributed by atoms with E-state index in [0.29, 0.717) is 0 Å². The summed E-state index contributed by atoms with van der Waals surface area (Å²) in [4.78, 5) is 23.3. The molecule has 0 atom stereocenters. The second kappa shape index (κ2) is 4.49. The van der Waals surface area contributed by atoms with Crippen molar-refractivity contribution < 1.29 is 9.59 Å². The van der Waals surface area contributed by atoms with E-state index in [1.807, 2.05) is 6.92 Å². The Labute approximate surface area is 111 Å². The summed E-state index contributed by atoms with van der Waals surface area (Å²) in [6.45, 7) is 1.87. The van der Waals surface area contributed by atoms with Gasteiger partial charge in [0, 0.05) is 28.2 Å². The Morgan fingerprint density at radius 1 is 0.842 bits per heavy atom. The number of carbonyl (C=O) groups excluding carboxylic acids is 2. The number of nitrogens with one attached hydrogen (secondary N) is 4. The van der Waals surface area contributed by atoms with Gasteiger partial charge in [0.25, 0.3) is 0 Å². The van der Waals surface area contributed by atoms with Gasteiger partial charge in [-0.1, -0.05) is 0 Å². The van der Waals surface area contributed by atoms with E-state index in [0.717, 1.165) is 0 Å². The third kappa shape index (κ3) is 2.30. The van der Waals surface area contributed by atoms with Gasteiger partial charge in [0.15, 0.2) is 0 Å². The fraction of sp³-hybridized carbons (Fsp3) is 0.778. The highest BCUT2D eigenvalue weighted by molar-refractivity contribution is 5.74. The fourth-order valence-electron chi connectivity index (χ4n) is 2.18. The average molecular weight is 272 g/mol. The summed E-state index contributed by atoms with van der Waals surface area (Å²) in [6, 6.07) is -0.403. The number of hydrogen-bond acceptors (Lipinski definition) is 6. The van der Waals surface area contributed by atoms with Crippen molar-refractivity contribution in [1.29, 1.82) is 0 Å². The number of hydrazine groups is 4. The second-order valence-electron chi connectivity index (χ2n) is 4.92. The first-order chi connectivity index (χ1) is 8.74. The quantitative estimate of drug-likeness (QED) is 0.443. The lowest BCUT2D eigenvalue weighted by Gasteiger charge is -2.51. The highest BCUT2D eigenvalue weighted by atomic mass is 16.2. The predicted molar refractivity (Wildman–Crippen MR) is 66.6 cm³/mol. The minimum Gasteiger partial charge on any atom is -0.260 e. The van der Waals surface area contributed by atoms with E-state index in [1.165, 1.54) is 20.0 Å². The molecule has 0 aromatic rings. The lowest BCUT2D eigenvalue weighted by molar-refractivity contribution is -0.0584. The van der Waals surface area contributed by atoms with Gasteiger partial charge in [-0.25, -0.2) is 31.3 Å². The SMILES string of the molecule is CN1NC(C2(C)NN(C)C(=O)N(C)N2)NN(C)C1=O. The summed E-state index contributed by atoms with van der Waals surface area (Å²) in [7, 11) is 6.55. The Balaban J connectivity index is 2.16. The molecule has 2 saturated heterocycles. The lowest BCUT2D eigenvalue weighted by Crippen LogP contribution is -2.84. The smallest absolute Gasteiger partial charge is 0.260 e. The van der Waals surface area contributed by atoms with Crippen LogP contribution in [0.4, 0.5) is 9.59 Å². The lowest BCUT2D eigenvalue weighted by atomic mass is 10.1. The van der Waals surface area contributed by atoms with Crippen LogP contribution >= 0.6 is 0 Å². The van der Waals surface area contributed by atoms with Crippen LogP contribution in [-0.4, -0.2) is 72.1 Å². The molecule has 0 spiro atoms. The molecule has 0 saturated carbocycles. The van der Waals surface area contributed by atoms with Crippen molar-refractivity contribution in [3.8, 4) is 0 Å². The number of nitrogens with zero attached hydrogens (tertiary/aromatic N) is 4. The Kier molecular flexibility index (Phi) is 3.26. The van der Waals surface area contributed by atoms with Crippen LogP contribution in [0.1, 0.15) is 6.92 Å². The number of carbonyl (C=O) groups is 2. The van der Waals surface area contributed by atoms with Crippen molar-refractivity contribution >= 4 is 12.1 Å². The van der Waals surface area contributed by atoms with Crippen molar-refractivity contribution in [3.05, 3.63) is 0 Å². The molecule has 19 heavy (non-hydrogen) atoms. The van der Waals surface area contributed by atoms with Crippen LogP contribution in [0.5, 0.6) is 0 Å². The summed E-state index contributed by atoms with van der Waals surface area (Å²) in [5, 5.41) is 5.53. The number of hydrogen-bond donors (Lipinski definition) is 4. The molecule has 10 heteroatoms. The monoisotopic (exact) mass is 272 g/mol. The van der Waals surface area contributed by atoms with E-state index in [2.05, 4.69) is 21.7 Å². The highest BCUT2D eigenvalue weighted by Crippen LogP contribution is 2.14. The van der Waals surface area contributed by atoms with E-state index < -0.39 is 5.66 Å². The van der Waals surface area contributed by atoms with Crippen LogP contribution in [0.15, 0.2) is 0 Å². The van der Waals surface area contributed by atoms with Crippen LogP contribution in [-0.2, 0) is 0 Å². The van der Waals surface area contributed by atoms with Crippen molar-refractivity contribution in [2.75, 3.05) is 28.2 Å². The topological polar surface area (TPSA) is 95.2 Å². The summed E-state index contributed by atoms with van der Waals surface area (Å²) in [6.07, 6.45) is -0.349. The van der Waals surface area contributed by atoms with Gasteiger partial charge in [0.2, 0.25) is 0 Å². The zero-order chi connectivity index (χ0) is 14.4. The molecule has 108 valence electrons. The van der Waals surface area contributed by atoms with Gasteiger partial charge < -0.3 is 0 Å². The molecular weight excluding hydrogens is 252 g/mol. The zero-order valence-electron chi connectivity index (χ0n) is 11.7. The maximum absolute atomic E-state index is 11.7. The third-order valence-electron chi connectivity index (χ3n) is 3.17.